The lowest BCUT2D eigenvalue weighted by atomic mass is 10.1. The van der Waals surface area contributed by atoms with Crippen LogP contribution in [0.2, 0.25) is 0 Å². The van der Waals surface area contributed by atoms with Gasteiger partial charge in [-0.25, -0.2) is 9.97 Å². The van der Waals surface area contributed by atoms with Crippen molar-refractivity contribution in [2.75, 3.05) is 5.32 Å². The number of anilines is 1. The molecule has 2 aromatic heterocycles. The van der Waals surface area contributed by atoms with Gasteiger partial charge in [0.2, 0.25) is 0 Å². The molecule has 1 aliphatic carbocycles. The zero-order valence-electron chi connectivity index (χ0n) is 13.3. The first-order valence-corrected chi connectivity index (χ1v) is 9.02. The fourth-order valence-electron chi connectivity index (χ4n) is 3.75. The smallest absolute Gasteiger partial charge is 0.143 e. The molecule has 6 heteroatoms. The lowest BCUT2D eigenvalue weighted by molar-refractivity contribution is 0.628. The highest BCUT2D eigenvalue weighted by Gasteiger charge is 2.30. The van der Waals surface area contributed by atoms with E-state index < -0.39 is 0 Å². The van der Waals surface area contributed by atoms with E-state index in [-0.39, 0.29) is 12.1 Å². The Bertz CT molecular complexity index is 1100. The Morgan fingerprint density at radius 2 is 2.04 bits per heavy atom. The van der Waals surface area contributed by atoms with Crippen LogP contribution in [0, 0.1) is 0 Å². The van der Waals surface area contributed by atoms with E-state index in [2.05, 4.69) is 60.5 Å². The Morgan fingerprint density at radius 3 is 2.92 bits per heavy atom. The van der Waals surface area contributed by atoms with Crippen molar-refractivity contribution >= 4 is 43.7 Å². The largest absolute Gasteiger partial charge is 0.364 e. The second kappa shape index (κ2) is 5.54. The summed E-state index contributed by atoms with van der Waals surface area (Å²) in [4.78, 5) is 12.3. The second-order valence-electron chi connectivity index (χ2n) is 6.44. The van der Waals surface area contributed by atoms with E-state index in [1.165, 1.54) is 11.1 Å². The van der Waals surface area contributed by atoms with Gasteiger partial charge < -0.3 is 16.0 Å². The molecule has 0 radical (unpaired) electrons. The molecule has 0 fully saturated rings. The molecular formula is C19H16BrN5. The summed E-state index contributed by atoms with van der Waals surface area (Å²) < 4.78 is 1.03. The Morgan fingerprint density at radius 1 is 1.16 bits per heavy atom. The predicted octanol–water partition coefficient (Wildman–Crippen LogP) is 3.91. The maximum Gasteiger partial charge on any atom is 0.143 e. The maximum atomic E-state index is 6.47. The highest BCUT2D eigenvalue weighted by molar-refractivity contribution is 9.10. The minimum absolute atomic E-state index is 0.0434. The molecule has 2 atom stereocenters. The molecule has 4 N–H and O–H groups in total. The molecule has 5 nitrogen and oxygen atoms in total. The molecule has 5 rings (SSSR count). The van der Waals surface area contributed by atoms with Crippen LogP contribution in [0.1, 0.15) is 17.2 Å². The van der Waals surface area contributed by atoms with Gasteiger partial charge in [0.1, 0.15) is 17.8 Å². The summed E-state index contributed by atoms with van der Waals surface area (Å²) in [5.41, 5.74) is 10.9. The molecule has 124 valence electrons. The van der Waals surface area contributed by atoms with E-state index in [1.807, 2.05) is 18.2 Å². The molecule has 1 aliphatic rings. The lowest BCUT2D eigenvalue weighted by Crippen LogP contribution is -2.30. The maximum absolute atomic E-state index is 6.47. The number of aromatic nitrogens is 3. The molecular weight excluding hydrogens is 378 g/mol. The number of nitrogens with one attached hydrogen (secondary N) is 2. The molecule has 0 saturated heterocycles. The van der Waals surface area contributed by atoms with Gasteiger partial charge in [0.15, 0.2) is 0 Å². The van der Waals surface area contributed by atoms with Crippen LogP contribution in [0.15, 0.2) is 53.3 Å². The number of benzene rings is 2. The van der Waals surface area contributed by atoms with Crippen LogP contribution < -0.4 is 11.1 Å². The molecule has 0 bridgehead atoms. The summed E-state index contributed by atoms with van der Waals surface area (Å²) in [6.07, 6.45) is 2.48. The molecule has 0 aliphatic heterocycles. The van der Waals surface area contributed by atoms with Crippen molar-refractivity contribution in [1.29, 1.82) is 0 Å². The van der Waals surface area contributed by atoms with Crippen molar-refractivity contribution in [2.24, 2.45) is 5.73 Å². The Hall–Kier alpha value is -2.44. The number of fused-ring (bicyclic) bond motifs is 4. The fraction of sp³-hybridized carbons (Fsp3) is 0.158. The number of rotatable bonds is 2. The molecule has 0 amide bonds. The van der Waals surface area contributed by atoms with Crippen LogP contribution in [0.3, 0.4) is 0 Å². The lowest BCUT2D eigenvalue weighted by Gasteiger charge is -2.19. The molecule has 25 heavy (non-hydrogen) atoms. The van der Waals surface area contributed by atoms with Crippen molar-refractivity contribution < 1.29 is 0 Å². The first-order valence-electron chi connectivity index (χ1n) is 8.22. The van der Waals surface area contributed by atoms with Gasteiger partial charge in [0.05, 0.1) is 17.5 Å². The molecule has 2 aromatic carbocycles. The van der Waals surface area contributed by atoms with E-state index in [9.17, 15) is 0 Å². The summed E-state index contributed by atoms with van der Waals surface area (Å²) in [7, 11) is 0. The van der Waals surface area contributed by atoms with Gasteiger partial charge in [-0.1, -0.05) is 40.2 Å². The average molecular weight is 394 g/mol. The topological polar surface area (TPSA) is 79.6 Å². The third-order valence-electron chi connectivity index (χ3n) is 4.96. The standard InChI is InChI=1S/C19H16BrN5/c20-11-5-6-14-13(8-11)16-18(24-14)22-9-23-19(16)25-15-7-10-3-1-2-4-12(10)17(15)21/h1-6,8-9,15,17H,7,21H2,(H2,22,23,24,25)/t15-,17-/m1/s1. The van der Waals surface area contributed by atoms with E-state index in [4.69, 9.17) is 5.73 Å². The van der Waals surface area contributed by atoms with Crippen LogP contribution in [0.4, 0.5) is 5.82 Å². The molecule has 4 aromatic rings. The van der Waals surface area contributed by atoms with Crippen molar-refractivity contribution in [1.82, 2.24) is 15.0 Å². The highest BCUT2D eigenvalue weighted by Crippen LogP contribution is 2.35. The zero-order chi connectivity index (χ0) is 17.0. The minimum atomic E-state index is -0.0434. The van der Waals surface area contributed by atoms with E-state index in [1.54, 1.807) is 6.33 Å². The van der Waals surface area contributed by atoms with Crippen LogP contribution in [0.25, 0.3) is 21.9 Å². The van der Waals surface area contributed by atoms with Gasteiger partial charge in [-0.2, -0.15) is 0 Å². The van der Waals surface area contributed by atoms with Crippen molar-refractivity contribution in [3.8, 4) is 0 Å². The van der Waals surface area contributed by atoms with Gasteiger partial charge in [-0.3, -0.25) is 0 Å². The van der Waals surface area contributed by atoms with Crippen LogP contribution in [-0.2, 0) is 6.42 Å². The van der Waals surface area contributed by atoms with Crippen LogP contribution >= 0.6 is 15.9 Å². The monoisotopic (exact) mass is 393 g/mol. The van der Waals surface area contributed by atoms with E-state index in [0.29, 0.717) is 0 Å². The van der Waals surface area contributed by atoms with E-state index in [0.717, 1.165) is 38.6 Å². The average Bonchev–Trinajstić information content (AvgIpc) is 3.14. The number of nitrogens with zero attached hydrogens (tertiary/aromatic N) is 2. The van der Waals surface area contributed by atoms with Gasteiger partial charge in [0, 0.05) is 15.4 Å². The number of H-pyrrole nitrogens is 1. The molecule has 2 heterocycles. The molecule has 0 spiro atoms. The van der Waals surface area contributed by atoms with Gasteiger partial charge in [-0.05, 0) is 35.7 Å². The SMILES string of the molecule is N[C@@H]1c2ccccc2C[C@H]1Nc1ncnc2[nH]c3ccc(Br)cc3c12. The minimum Gasteiger partial charge on any atom is -0.364 e. The summed E-state index contributed by atoms with van der Waals surface area (Å²) in [5.74, 6) is 0.822. The summed E-state index contributed by atoms with van der Waals surface area (Å²) in [5, 5.41) is 5.66. The third-order valence-corrected chi connectivity index (χ3v) is 5.45. The summed E-state index contributed by atoms with van der Waals surface area (Å²) in [6, 6.07) is 14.6. The molecule has 0 saturated carbocycles. The quantitative estimate of drug-likeness (QED) is 0.482. The number of hydrogen-bond donors (Lipinski definition) is 3. The van der Waals surface area contributed by atoms with Gasteiger partial charge in [-0.15, -0.1) is 0 Å². The van der Waals surface area contributed by atoms with Crippen molar-refractivity contribution in [3.63, 3.8) is 0 Å². The normalized spacial score (nSPS) is 19.4. The summed E-state index contributed by atoms with van der Waals surface area (Å²) >= 11 is 3.55. The van der Waals surface area contributed by atoms with E-state index >= 15 is 0 Å². The highest BCUT2D eigenvalue weighted by atomic mass is 79.9. The molecule has 0 unspecified atom stereocenters. The fourth-order valence-corrected chi connectivity index (χ4v) is 4.11. The first-order chi connectivity index (χ1) is 12.2. The number of aromatic amines is 1. The summed E-state index contributed by atoms with van der Waals surface area (Å²) in [6.45, 7) is 0. The number of hydrogen-bond acceptors (Lipinski definition) is 4. The Labute approximate surface area is 152 Å². The second-order valence-corrected chi connectivity index (χ2v) is 7.36. The number of nitrogens with two attached hydrogens (primary N) is 1. The zero-order valence-corrected chi connectivity index (χ0v) is 14.9. The Kier molecular flexibility index (Phi) is 3.29. The van der Waals surface area contributed by atoms with Crippen LogP contribution in [0.5, 0.6) is 0 Å². The third kappa shape index (κ3) is 2.33. The number of halogens is 1. The van der Waals surface area contributed by atoms with Crippen molar-refractivity contribution in [2.45, 2.75) is 18.5 Å². The Balaban J connectivity index is 1.60. The first kappa shape index (κ1) is 14.9. The van der Waals surface area contributed by atoms with Gasteiger partial charge in [0.25, 0.3) is 0 Å². The predicted molar refractivity (Wildman–Crippen MR) is 104 cm³/mol. The van der Waals surface area contributed by atoms with Gasteiger partial charge >= 0.3 is 0 Å². The van der Waals surface area contributed by atoms with Crippen molar-refractivity contribution in [3.05, 3.63) is 64.4 Å². The van der Waals surface area contributed by atoms with Crippen LogP contribution in [-0.4, -0.2) is 21.0 Å².